The molecule has 2 N–H and O–H groups in total. The molecule has 3 aromatic rings. The maximum Gasteiger partial charge on any atom is 0.258 e. The third kappa shape index (κ3) is 3.06. The Morgan fingerprint density at radius 2 is 2.00 bits per heavy atom. The molecule has 0 aliphatic heterocycles. The second-order valence-corrected chi connectivity index (χ2v) is 4.44. The van der Waals surface area contributed by atoms with Gasteiger partial charge in [0.25, 0.3) is 5.95 Å². The molecule has 0 aliphatic carbocycles. The molecule has 0 fully saturated rings. The maximum absolute atomic E-state index is 5.95. The number of anilines is 3. The van der Waals surface area contributed by atoms with Crippen LogP contribution in [0.4, 0.5) is 17.6 Å². The summed E-state index contributed by atoms with van der Waals surface area (Å²) in [7, 11) is 1.73. The summed E-state index contributed by atoms with van der Waals surface area (Å²) in [6, 6.07) is 7.27. The van der Waals surface area contributed by atoms with E-state index in [1.54, 1.807) is 19.2 Å². The molecule has 21 heavy (non-hydrogen) atoms. The number of nitrogens with zero attached hydrogens (tertiary/aromatic N) is 6. The molecule has 106 valence electrons. The molecule has 2 heterocycles. The van der Waals surface area contributed by atoms with Crippen molar-refractivity contribution in [3.63, 3.8) is 0 Å². The first-order chi connectivity index (χ1) is 10.2. The summed E-state index contributed by atoms with van der Waals surface area (Å²) in [6.45, 7) is 0. The van der Waals surface area contributed by atoms with Gasteiger partial charge in [-0.1, -0.05) is 17.7 Å². The summed E-state index contributed by atoms with van der Waals surface area (Å²) in [5, 5.41) is 10.6. The third-order valence-corrected chi connectivity index (χ3v) is 2.79. The predicted octanol–water partition coefficient (Wildman–Crippen LogP) is 1.89. The molecule has 9 heteroatoms. The zero-order chi connectivity index (χ0) is 14.7. The minimum Gasteiger partial charge on any atom is -0.357 e. The fourth-order valence-corrected chi connectivity index (χ4v) is 1.83. The van der Waals surface area contributed by atoms with Crippen molar-refractivity contribution in [1.82, 2.24) is 29.7 Å². The number of hydrogen-bond donors (Lipinski definition) is 2. The minimum atomic E-state index is 0.358. The van der Waals surface area contributed by atoms with Crippen molar-refractivity contribution in [2.24, 2.45) is 0 Å². The van der Waals surface area contributed by atoms with Gasteiger partial charge in [0.2, 0.25) is 11.9 Å². The first kappa shape index (κ1) is 13.3. The molecule has 0 amide bonds. The van der Waals surface area contributed by atoms with Crippen LogP contribution in [0.25, 0.3) is 5.95 Å². The van der Waals surface area contributed by atoms with Crippen LogP contribution < -0.4 is 10.6 Å². The molecule has 3 rings (SSSR count). The first-order valence-corrected chi connectivity index (χ1v) is 6.44. The van der Waals surface area contributed by atoms with Crippen LogP contribution in [0.3, 0.4) is 0 Å². The minimum absolute atomic E-state index is 0.358. The number of benzene rings is 1. The van der Waals surface area contributed by atoms with E-state index in [0.29, 0.717) is 22.9 Å². The van der Waals surface area contributed by atoms with E-state index in [1.165, 1.54) is 17.3 Å². The van der Waals surface area contributed by atoms with Gasteiger partial charge in [-0.25, -0.2) is 4.98 Å². The molecule has 0 bridgehead atoms. The van der Waals surface area contributed by atoms with Crippen LogP contribution in [-0.4, -0.2) is 36.8 Å². The van der Waals surface area contributed by atoms with E-state index in [-0.39, 0.29) is 0 Å². The van der Waals surface area contributed by atoms with E-state index in [4.69, 9.17) is 11.6 Å². The monoisotopic (exact) mass is 302 g/mol. The van der Waals surface area contributed by atoms with E-state index < -0.39 is 0 Å². The number of hydrogen-bond acceptors (Lipinski definition) is 7. The highest BCUT2D eigenvalue weighted by molar-refractivity contribution is 6.30. The Bertz CT molecular complexity index is 743. The van der Waals surface area contributed by atoms with Gasteiger partial charge in [0.1, 0.15) is 12.7 Å². The molecule has 1 aromatic carbocycles. The molecule has 0 radical (unpaired) electrons. The summed E-state index contributed by atoms with van der Waals surface area (Å²) >= 11 is 5.95. The maximum atomic E-state index is 5.95. The van der Waals surface area contributed by atoms with E-state index in [9.17, 15) is 0 Å². The van der Waals surface area contributed by atoms with Crippen molar-refractivity contribution in [1.29, 1.82) is 0 Å². The molecule has 0 aliphatic rings. The molecule has 0 unspecified atom stereocenters. The Kier molecular flexibility index (Phi) is 3.61. The molecule has 0 saturated carbocycles. The van der Waals surface area contributed by atoms with Crippen LogP contribution in [0.1, 0.15) is 0 Å². The fourth-order valence-electron chi connectivity index (χ4n) is 1.64. The Morgan fingerprint density at radius 1 is 1.14 bits per heavy atom. The van der Waals surface area contributed by atoms with Crippen LogP contribution in [0.2, 0.25) is 5.02 Å². The topological polar surface area (TPSA) is 93.4 Å². The van der Waals surface area contributed by atoms with E-state index in [0.717, 1.165) is 5.69 Å². The van der Waals surface area contributed by atoms with Gasteiger partial charge in [-0.15, -0.1) is 0 Å². The number of nitrogens with one attached hydrogen (secondary N) is 2. The summed E-state index contributed by atoms with van der Waals surface area (Å²) in [4.78, 5) is 16.6. The standard InChI is InChI=1S/C12H11ClN8/c1-14-10-18-11(17-9-4-2-3-8(13)5-9)20-12(19-10)21-7-15-6-16-21/h2-7H,1H3,(H2,14,17,18,19,20). The third-order valence-electron chi connectivity index (χ3n) is 2.55. The van der Waals surface area contributed by atoms with Gasteiger partial charge in [0, 0.05) is 17.8 Å². The van der Waals surface area contributed by atoms with Crippen molar-refractivity contribution in [2.75, 3.05) is 17.7 Å². The van der Waals surface area contributed by atoms with Crippen LogP contribution >= 0.6 is 11.6 Å². The van der Waals surface area contributed by atoms with E-state index in [1.807, 2.05) is 12.1 Å². The lowest BCUT2D eigenvalue weighted by molar-refractivity contribution is 0.798. The Labute approximate surface area is 125 Å². The van der Waals surface area contributed by atoms with Gasteiger partial charge in [-0.3, -0.25) is 0 Å². The summed E-state index contributed by atoms with van der Waals surface area (Å²) in [6.07, 6.45) is 2.92. The number of halogens is 1. The first-order valence-electron chi connectivity index (χ1n) is 6.06. The highest BCUT2D eigenvalue weighted by Crippen LogP contribution is 2.18. The number of rotatable bonds is 4. The van der Waals surface area contributed by atoms with Gasteiger partial charge >= 0.3 is 0 Å². The highest BCUT2D eigenvalue weighted by Gasteiger charge is 2.08. The van der Waals surface area contributed by atoms with Crippen molar-refractivity contribution >= 4 is 29.2 Å². The average Bonchev–Trinajstić information content (AvgIpc) is 3.01. The van der Waals surface area contributed by atoms with Gasteiger partial charge in [0.05, 0.1) is 0 Å². The lowest BCUT2D eigenvalue weighted by Crippen LogP contribution is -2.09. The lowest BCUT2D eigenvalue weighted by atomic mass is 10.3. The Morgan fingerprint density at radius 3 is 2.71 bits per heavy atom. The zero-order valence-corrected chi connectivity index (χ0v) is 11.8. The van der Waals surface area contributed by atoms with Crippen LogP contribution in [0.15, 0.2) is 36.9 Å². The molecule has 0 spiro atoms. The summed E-state index contributed by atoms with van der Waals surface area (Å²) in [5.41, 5.74) is 0.778. The van der Waals surface area contributed by atoms with Gasteiger partial charge in [-0.2, -0.15) is 24.7 Å². The molecule has 8 nitrogen and oxygen atoms in total. The molecular weight excluding hydrogens is 292 g/mol. The van der Waals surface area contributed by atoms with Crippen LogP contribution in [0.5, 0.6) is 0 Å². The summed E-state index contributed by atoms with van der Waals surface area (Å²) < 4.78 is 1.45. The molecule has 2 aromatic heterocycles. The quantitative estimate of drug-likeness (QED) is 0.760. The smallest absolute Gasteiger partial charge is 0.258 e. The van der Waals surface area contributed by atoms with Crippen molar-refractivity contribution in [3.8, 4) is 5.95 Å². The second-order valence-electron chi connectivity index (χ2n) is 4.01. The lowest BCUT2D eigenvalue weighted by Gasteiger charge is -2.08. The highest BCUT2D eigenvalue weighted by atomic mass is 35.5. The van der Waals surface area contributed by atoms with Crippen molar-refractivity contribution in [2.45, 2.75) is 0 Å². The van der Waals surface area contributed by atoms with Crippen molar-refractivity contribution < 1.29 is 0 Å². The Balaban J connectivity index is 1.96. The SMILES string of the molecule is CNc1nc(Nc2cccc(Cl)c2)nc(-n2cncn2)n1. The average molecular weight is 303 g/mol. The summed E-state index contributed by atoms with van der Waals surface area (Å²) in [5.74, 6) is 1.15. The van der Waals surface area contributed by atoms with E-state index >= 15 is 0 Å². The van der Waals surface area contributed by atoms with Gasteiger partial charge in [-0.05, 0) is 18.2 Å². The normalized spacial score (nSPS) is 10.4. The predicted molar refractivity (Wildman–Crippen MR) is 79.0 cm³/mol. The number of aromatic nitrogens is 6. The largest absolute Gasteiger partial charge is 0.357 e. The molecule has 0 atom stereocenters. The fraction of sp³-hybridized carbons (Fsp3) is 0.0833. The Hall–Kier alpha value is -2.74. The second kappa shape index (κ2) is 5.71. The van der Waals surface area contributed by atoms with Gasteiger partial charge in [0.15, 0.2) is 0 Å². The molecular formula is C12H11ClN8. The van der Waals surface area contributed by atoms with E-state index in [2.05, 4.69) is 35.7 Å². The van der Waals surface area contributed by atoms with Crippen LogP contribution in [-0.2, 0) is 0 Å². The zero-order valence-electron chi connectivity index (χ0n) is 11.0. The molecule has 0 saturated heterocycles. The van der Waals surface area contributed by atoms with Crippen LogP contribution in [0, 0.1) is 0 Å². The van der Waals surface area contributed by atoms with Gasteiger partial charge < -0.3 is 10.6 Å². The van der Waals surface area contributed by atoms with Crippen molar-refractivity contribution in [3.05, 3.63) is 41.9 Å².